The average molecular weight is 364 g/mol. The van der Waals surface area contributed by atoms with Gasteiger partial charge in [0.05, 0.1) is 11.4 Å². The Balaban J connectivity index is 1.74. The Morgan fingerprint density at radius 1 is 1.15 bits per heavy atom. The van der Waals surface area contributed by atoms with E-state index in [2.05, 4.69) is 15.7 Å². The van der Waals surface area contributed by atoms with Crippen molar-refractivity contribution in [1.82, 2.24) is 15.1 Å². The van der Waals surface area contributed by atoms with E-state index in [0.29, 0.717) is 6.42 Å². The molecule has 8 heteroatoms. The molecule has 0 aliphatic rings. The fraction of sp³-hybridized carbons (Fsp3) is 0.389. The number of carbonyl (C=O) groups is 2. The van der Waals surface area contributed by atoms with Crippen LogP contribution in [0, 0.1) is 25.5 Å². The van der Waals surface area contributed by atoms with E-state index in [-0.39, 0.29) is 31.0 Å². The molecule has 0 saturated heterocycles. The van der Waals surface area contributed by atoms with Gasteiger partial charge in [0.15, 0.2) is 0 Å². The smallest absolute Gasteiger partial charge is 0.226 e. The predicted octanol–water partition coefficient (Wildman–Crippen LogP) is 2.39. The lowest BCUT2D eigenvalue weighted by Crippen LogP contribution is -2.28. The van der Waals surface area contributed by atoms with E-state index < -0.39 is 17.5 Å². The number of nitrogens with zero attached hydrogens (tertiary/aromatic N) is 2. The van der Waals surface area contributed by atoms with Crippen LogP contribution in [0.25, 0.3) is 0 Å². The van der Waals surface area contributed by atoms with Crippen molar-refractivity contribution < 1.29 is 18.4 Å². The summed E-state index contributed by atoms with van der Waals surface area (Å²) in [5, 5.41) is 9.23. The van der Waals surface area contributed by atoms with Gasteiger partial charge in [0.1, 0.15) is 11.6 Å². The zero-order chi connectivity index (χ0) is 19.3. The second-order valence-electron chi connectivity index (χ2n) is 6.05. The number of nitrogens with one attached hydrogen (secondary N) is 2. The van der Waals surface area contributed by atoms with Crippen LogP contribution < -0.4 is 10.6 Å². The number of hydrogen-bond donors (Lipinski definition) is 2. The van der Waals surface area contributed by atoms with Crippen molar-refractivity contribution in [3.8, 4) is 0 Å². The first kappa shape index (κ1) is 19.6. The number of amides is 2. The van der Waals surface area contributed by atoms with Gasteiger partial charge in [-0.25, -0.2) is 8.78 Å². The van der Waals surface area contributed by atoms with Gasteiger partial charge < -0.3 is 10.6 Å². The maximum absolute atomic E-state index is 13.5. The quantitative estimate of drug-likeness (QED) is 0.792. The molecule has 26 heavy (non-hydrogen) atoms. The molecule has 1 aromatic heterocycles. The van der Waals surface area contributed by atoms with Crippen LogP contribution in [0.4, 0.5) is 14.5 Å². The number of anilines is 1. The standard InChI is InChI=1S/C18H22F2N4O2/c1-11-14(12(2)24(3)23-11)5-7-17(25)21-9-8-18(26)22-16-10-13(19)4-6-15(16)20/h4,6,10H,5,7-9H2,1-3H3,(H,21,25)(H,22,26). The van der Waals surface area contributed by atoms with E-state index in [9.17, 15) is 18.4 Å². The summed E-state index contributed by atoms with van der Waals surface area (Å²) < 4.78 is 28.3. The van der Waals surface area contributed by atoms with Crippen molar-refractivity contribution >= 4 is 17.5 Å². The van der Waals surface area contributed by atoms with E-state index in [1.807, 2.05) is 20.9 Å². The minimum atomic E-state index is -0.717. The summed E-state index contributed by atoms with van der Waals surface area (Å²) in [6.45, 7) is 3.96. The van der Waals surface area contributed by atoms with Gasteiger partial charge in [0, 0.05) is 38.2 Å². The highest BCUT2D eigenvalue weighted by Crippen LogP contribution is 2.15. The molecule has 0 aliphatic carbocycles. The van der Waals surface area contributed by atoms with Crippen molar-refractivity contribution in [3.05, 3.63) is 46.8 Å². The third kappa shape index (κ3) is 5.11. The molecular weight excluding hydrogens is 342 g/mol. The number of halogens is 2. The lowest BCUT2D eigenvalue weighted by atomic mass is 10.1. The van der Waals surface area contributed by atoms with Crippen LogP contribution in [-0.2, 0) is 23.1 Å². The van der Waals surface area contributed by atoms with Crippen LogP contribution in [0.1, 0.15) is 29.8 Å². The summed E-state index contributed by atoms with van der Waals surface area (Å²) in [4.78, 5) is 23.7. The number of rotatable bonds is 7. The molecule has 140 valence electrons. The zero-order valence-corrected chi connectivity index (χ0v) is 15.0. The van der Waals surface area contributed by atoms with Gasteiger partial charge in [-0.2, -0.15) is 5.10 Å². The molecule has 2 rings (SSSR count). The van der Waals surface area contributed by atoms with Crippen molar-refractivity contribution in [2.75, 3.05) is 11.9 Å². The first-order valence-corrected chi connectivity index (χ1v) is 8.28. The lowest BCUT2D eigenvalue weighted by molar-refractivity contribution is -0.121. The molecule has 2 aromatic rings. The Labute approximate surface area is 150 Å². The third-order valence-corrected chi connectivity index (χ3v) is 4.14. The van der Waals surface area contributed by atoms with Crippen molar-refractivity contribution in [2.24, 2.45) is 7.05 Å². The van der Waals surface area contributed by atoms with Gasteiger partial charge in [0.2, 0.25) is 11.8 Å². The molecule has 0 aliphatic heterocycles. The maximum atomic E-state index is 13.5. The Bertz CT molecular complexity index is 818. The molecule has 0 radical (unpaired) electrons. The van der Waals surface area contributed by atoms with Crippen LogP contribution in [0.3, 0.4) is 0 Å². The van der Waals surface area contributed by atoms with E-state index in [0.717, 1.165) is 35.2 Å². The normalized spacial score (nSPS) is 10.7. The molecular formula is C18H22F2N4O2. The largest absolute Gasteiger partial charge is 0.356 e. The molecule has 1 heterocycles. The average Bonchev–Trinajstić information content (AvgIpc) is 2.81. The van der Waals surface area contributed by atoms with Crippen molar-refractivity contribution in [1.29, 1.82) is 0 Å². The second-order valence-corrected chi connectivity index (χ2v) is 6.05. The van der Waals surface area contributed by atoms with E-state index in [1.54, 1.807) is 4.68 Å². The van der Waals surface area contributed by atoms with Crippen LogP contribution in [-0.4, -0.2) is 28.1 Å². The summed E-state index contributed by atoms with van der Waals surface area (Å²) in [7, 11) is 1.85. The Morgan fingerprint density at radius 3 is 2.54 bits per heavy atom. The van der Waals surface area contributed by atoms with Gasteiger partial charge in [-0.05, 0) is 38.0 Å². The highest BCUT2D eigenvalue weighted by atomic mass is 19.1. The highest BCUT2D eigenvalue weighted by molar-refractivity contribution is 5.91. The van der Waals surface area contributed by atoms with Gasteiger partial charge in [-0.1, -0.05) is 0 Å². The molecule has 0 fully saturated rings. The first-order chi connectivity index (χ1) is 12.3. The molecule has 0 bridgehead atoms. The lowest BCUT2D eigenvalue weighted by Gasteiger charge is -2.08. The predicted molar refractivity (Wildman–Crippen MR) is 93.6 cm³/mol. The van der Waals surface area contributed by atoms with Gasteiger partial charge in [-0.3, -0.25) is 14.3 Å². The maximum Gasteiger partial charge on any atom is 0.226 e. The Hall–Kier alpha value is -2.77. The van der Waals surface area contributed by atoms with E-state index >= 15 is 0 Å². The molecule has 2 N–H and O–H groups in total. The number of aryl methyl sites for hydroxylation is 2. The third-order valence-electron chi connectivity index (χ3n) is 4.14. The van der Waals surface area contributed by atoms with Gasteiger partial charge in [0.25, 0.3) is 0 Å². The summed E-state index contributed by atoms with van der Waals surface area (Å²) in [6.07, 6.45) is 0.818. The highest BCUT2D eigenvalue weighted by Gasteiger charge is 2.12. The molecule has 6 nitrogen and oxygen atoms in total. The topological polar surface area (TPSA) is 76.0 Å². The Kier molecular flexibility index (Phi) is 6.43. The minimum absolute atomic E-state index is 0.0351. The summed E-state index contributed by atoms with van der Waals surface area (Å²) in [5.74, 6) is -2.05. The summed E-state index contributed by atoms with van der Waals surface area (Å²) >= 11 is 0. The van der Waals surface area contributed by atoms with Crippen molar-refractivity contribution in [2.45, 2.75) is 33.1 Å². The summed E-state index contributed by atoms with van der Waals surface area (Å²) in [6, 6.07) is 2.82. The second kappa shape index (κ2) is 8.55. The summed E-state index contributed by atoms with van der Waals surface area (Å²) in [5.41, 5.74) is 2.74. The molecule has 1 aromatic carbocycles. The molecule has 2 amide bonds. The molecule has 0 saturated carbocycles. The SMILES string of the molecule is Cc1nn(C)c(C)c1CCC(=O)NCCC(=O)Nc1cc(F)ccc1F. The first-order valence-electron chi connectivity index (χ1n) is 8.28. The molecule has 0 unspecified atom stereocenters. The number of carbonyl (C=O) groups excluding carboxylic acids is 2. The fourth-order valence-corrected chi connectivity index (χ4v) is 2.63. The zero-order valence-electron chi connectivity index (χ0n) is 15.0. The van der Waals surface area contributed by atoms with Crippen molar-refractivity contribution in [3.63, 3.8) is 0 Å². The number of aromatic nitrogens is 2. The molecule has 0 spiro atoms. The van der Waals surface area contributed by atoms with Gasteiger partial charge in [-0.15, -0.1) is 0 Å². The van der Waals surface area contributed by atoms with Gasteiger partial charge >= 0.3 is 0 Å². The van der Waals surface area contributed by atoms with Crippen LogP contribution in [0.15, 0.2) is 18.2 Å². The van der Waals surface area contributed by atoms with E-state index in [1.165, 1.54) is 0 Å². The number of hydrogen-bond acceptors (Lipinski definition) is 3. The minimum Gasteiger partial charge on any atom is -0.356 e. The van der Waals surface area contributed by atoms with Crippen LogP contribution >= 0.6 is 0 Å². The monoisotopic (exact) mass is 364 g/mol. The Morgan fingerprint density at radius 2 is 1.88 bits per heavy atom. The van der Waals surface area contributed by atoms with E-state index in [4.69, 9.17) is 0 Å². The van der Waals surface area contributed by atoms with Crippen LogP contribution in [0.2, 0.25) is 0 Å². The molecule has 0 atom stereocenters. The van der Waals surface area contributed by atoms with Crippen LogP contribution in [0.5, 0.6) is 0 Å². The number of benzene rings is 1. The fourth-order valence-electron chi connectivity index (χ4n) is 2.63.